The van der Waals surface area contributed by atoms with Gasteiger partial charge in [-0.25, -0.2) is 4.99 Å². The number of carbonyl (C=O) groups is 2. The van der Waals surface area contributed by atoms with Crippen molar-refractivity contribution in [3.05, 3.63) is 80.8 Å². The van der Waals surface area contributed by atoms with Gasteiger partial charge < -0.3 is 14.8 Å². The number of hydrogen-bond donors (Lipinski definition) is 1. The van der Waals surface area contributed by atoms with Gasteiger partial charge in [0, 0.05) is 13.0 Å². The second-order valence-corrected chi connectivity index (χ2v) is 11.4. The third-order valence-corrected chi connectivity index (χ3v) is 8.40. The number of rotatable bonds is 9. The van der Waals surface area contributed by atoms with E-state index in [1.54, 1.807) is 30.3 Å². The Kier molecular flexibility index (Phi) is 10.2. The molecule has 0 unspecified atom stereocenters. The van der Waals surface area contributed by atoms with Crippen molar-refractivity contribution in [1.82, 2.24) is 4.90 Å². The molecule has 0 aromatic heterocycles. The molecule has 1 aliphatic heterocycles. The molecule has 4 rings (SSSR count). The summed E-state index contributed by atoms with van der Waals surface area (Å²) in [6, 6.07) is 12.8. The molecule has 0 spiro atoms. The quantitative estimate of drug-likeness (QED) is 0.253. The smallest absolute Gasteiger partial charge is 0.416 e. The van der Waals surface area contributed by atoms with Gasteiger partial charge >= 0.3 is 6.18 Å². The van der Waals surface area contributed by atoms with Crippen molar-refractivity contribution in [2.45, 2.75) is 24.3 Å². The van der Waals surface area contributed by atoms with E-state index in [4.69, 9.17) is 44.3 Å². The zero-order valence-corrected chi connectivity index (χ0v) is 25.2. The number of methoxy groups -OCH3 is 2. The molecule has 2 amide bonds. The molecule has 0 saturated carbocycles. The van der Waals surface area contributed by atoms with E-state index in [1.165, 1.54) is 19.1 Å². The maximum absolute atomic E-state index is 13.5. The Bertz CT molecular complexity index is 1540. The van der Waals surface area contributed by atoms with E-state index in [0.29, 0.717) is 33.8 Å². The summed E-state index contributed by atoms with van der Waals surface area (Å²) < 4.78 is 50.1. The Morgan fingerprint density at radius 3 is 2.36 bits per heavy atom. The number of hydrogen-bond acceptors (Lipinski definition) is 6. The first kappa shape index (κ1) is 31.8. The lowest BCUT2D eigenvalue weighted by molar-refractivity contribution is -0.137. The Hall–Kier alpha value is -3.12. The first-order chi connectivity index (χ1) is 19.9. The van der Waals surface area contributed by atoms with Crippen molar-refractivity contribution in [3.8, 4) is 11.5 Å². The zero-order chi connectivity index (χ0) is 30.6. The molecule has 7 nitrogen and oxygen atoms in total. The topological polar surface area (TPSA) is 80.2 Å². The summed E-state index contributed by atoms with van der Waals surface area (Å²) in [6.07, 6.45) is -4.53. The maximum Gasteiger partial charge on any atom is 0.416 e. The van der Waals surface area contributed by atoms with Crippen LogP contribution in [0.1, 0.15) is 17.5 Å². The molecule has 0 radical (unpaired) electrons. The third-order valence-electron chi connectivity index (χ3n) is 6.16. The number of anilines is 1. The van der Waals surface area contributed by atoms with Crippen molar-refractivity contribution >= 4 is 74.9 Å². The van der Waals surface area contributed by atoms with Crippen molar-refractivity contribution in [3.63, 3.8) is 0 Å². The van der Waals surface area contributed by atoms with E-state index in [-0.39, 0.29) is 34.6 Å². The average Bonchev–Trinajstić information content (AvgIpc) is 3.22. The van der Waals surface area contributed by atoms with Crippen LogP contribution >= 0.6 is 46.6 Å². The molecule has 222 valence electrons. The van der Waals surface area contributed by atoms with Crippen molar-refractivity contribution in [2.24, 2.45) is 4.99 Å². The van der Waals surface area contributed by atoms with E-state index in [9.17, 15) is 22.8 Å². The van der Waals surface area contributed by atoms with Gasteiger partial charge in [-0.3, -0.25) is 14.5 Å². The summed E-state index contributed by atoms with van der Waals surface area (Å²) in [5.41, 5.74) is 0.129. The fourth-order valence-corrected chi connectivity index (χ4v) is 5.68. The Labute approximate surface area is 258 Å². The number of halogens is 6. The van der Waals surface area contributed by atoms with Crippen LogP contribution in [0.2, 0.25) is 15.1 Å². The number of carbonyl (C=O) groups excluding carboxylic acids is 2. The molecule has 3 aromatic rings. The van der Waals surface area contributed by atoms with Crippen LogP contribution < -0.4 is 14.8 Å². The minimum Gasteiger partial charge on any atom is -0.493 e. The van der Waals surface area contributed by atoms with Crippen molar-refractivity contribution < 1.29 is 32.2 Å². The number of thioether (sulfide) groups is 1. The molecule has 14 heteroatoms. The molecule has 0 bridgehead atoms. The summed E-state index contributed by atoms with van der Waals surface area (Å²) in [4.78, 5) is 32.4. The highest BCUT2D eigenvalue weighted by Crippen LogP contribution is 2.36. The van der Waals surface area contributed by atoms with Crippen LogP contribution in [0.4, 0.5) is 24.5 Å². The maximum atomic E-state index is 13.5. The second kappa shape index (κ2) is 13.5. The fraction of sp³-hybridized carbons (Fsp3) is 0.250. The van der Waals surface area contributed by atoms with E-state index in [0.717, 1.165) is 35.5 Å². The molecule has 1 aliphatic rings. The Morgan fingerprint density at radius 2 is 1.69 bits per heavy atom. The predicted molar refractivity (Wildman–Crippen MR) is 160 cm³/mol. The number of amides is 2. The third kappa shape index (κ3) is 7.63. The van der Waals surface area contributed by atoms with E-state index >= 15 is 0 Å². The molecule has 0 aliphatic carbocycles. The summed E-state index contributed by atoms with van der Waals surface area (Å²) in [7, 11) is 3.05. The van der Waals surface area contributed by atoms with Gasteiger partial charge in [-0.1, -0.05) is 52.6 Å². The summed E-state index contributed by atoms with van der Waals surface area (Å²) in [5.74, 6) is 0.0229. The van der Waals surface area contributed by atoms with Crippen LogP contribution in [0.15, 0.2) is 59.6 Å². The number of nitrogens with zero attached hydrogens (tertiary/aromatic N) is 2. The van der Waals surface area contributed by atoms with Gasteiger partial charge in [0.15, 0.2) is 16.7 Å². The zero-order valence-electron chi connectivity index (χ0n) is 22.1. The van der Waals surface area contributed by atoms with Crippen LogP contribution in [0, 0.1) is 0 Å². The number of nitrogens with one attached hydrogen (secondary N) is 1. The first-order valence-corrected chi connectivity index (χ1v) is 14.3. The normalized spacial score (nSPS) is 16.2. The molecular formula is C28H23Cl3F3N3O4S. The molecule has 1 N–H and O–H groups in total. The highest BCUT2D eigenvalue weighted by Gasteiger charge is 2.39. The van der Waals surface area contributed by atoms with E-state index in [2.05, 4.69) is 10.3 Å². The highest BCUT2D eigenvalue weighted by molar-refractivity contribution is 8.15. The number of amidine groups is 1. The molecule has 1 heterocycles. The van der Waals surface area contributed by atoms with Crippen LogP contribution in [0.25, 0.3) is 0 Å². The number of aliphatic imine (C=N–C) groups is 1. The fourth-order valence-electron chi connectivity index (χ4n) is 4.04. The van der Waals surface area contributed by atoms with Crippen molar-refractivity contribution in [2.75, 3.05) is 26.1 Å². The van der Waals surface area contributed by atoms with Crippen LogP contribution in [0.3, 0.4) is 0 Å². The van der Waals surface area contributed by atoms with Crippen LogP contribution in [0.5, 0.6) is 11.5 Å². The van der Waals surface area contributed by atoms with E-state index in [1.807, 2.05) is 6.07 Å². The number of benzene rings is 3. The SMILES string of the molecule is COc1ccc(CCN2C(=O)[C@@H](CC(=O)Nc3cc(C(F)(F)F)ccc3Cl)SC2=Nc2ccc(Cl)c(Cl)c2)cc1OC. The van der Waals surface area contributed by atoms with Gasteiger partial charge in [-0.2, -0.15) is 13.2 Å². The lowest BCUT2D eigenvalue weighted by Gasteiger charge is -2.17. The van der Waals surface area contributed by atoms with Gasteiger partial charge in [-0.05, 0) is 60.5 Å². The monoisotopic (exact) mass is 659 g/mol. The average molecular weight is 661 g/mol. The Morgan fingerprint density at radius 1 is 0.976 bits per heavy atom. The minimum absolute atomic E-state index is 0.0693. The molecule has 3 aromatic carbocycles. The summed E-state index contributed by atoms with van der Waals surface area (Å²) in [5, 5.41) is 2.38. The largest absolute Gasteiger partial charge is 0.493 e. The molecule has 1 fully saturated rings. The summed E-state index contributed by atoms with van der Waals surface area (Å²) >= 11 is 19.2. The molecule has 42 heavy (non-hydrogen) atoms. The minimum atomic E-state index is -4.62. The van der Waals surface area contributed by atoms with Crippen molar-refractivity contribution in [1.29, 1.82) is 0 Å². The van der Waals surface area contributed by atoms with Gasteiger partial charge in [0.1, 0.15) is 5.25 Å². The molecule has 1 saturated heterocycles. The van der Waals surface area contributed by atoms with Gasteiger partial charge in [0.2, 0.25) is 11.8 Å². The predicted octanol–water partition coefficient (Wildman–Crippen LogP) is 7.89. The Balaban J connectivity index is 1.55. The molecular weight excluding hydrogens is 638 g/mol. The first-order valence-electron chi connectivity index (χ1n) is 12.3. The number of ether oxygens (including phenoxy) is 2. The van der Waals surface area contributed by atoms with Crippen LogP contribution in [-0.4, -0.2) is 47.9 Å². The van der Waals surface area contributed by atoms with Gasteiger partial charge in [0.25, 0.3) is 0 Å². The second-order valence-electron chi connectivity index (χ2n) is 8.97. The van der Waals surface area contributed by atoms with Crippen LogP contribution in [-0.2, 0) is 22.2 Å². The van der Waals surface area contributed by atoms with Gasteiger partial charge in [0.05, 0.1) is 46.2 Å². The van der Waals surface area contributed by atoms with E-state index < -0.39 is 22.9 Å². The van der Waals surface area contributed by atoms with Gasteiger partial charge in [-0.15, -0.1) is 0 Å². The standard InChI is InChI=1S/C28H23Cl3F3N3O4S/c1-40-22-8-3-15(11-23(22)41-2)9-10-37-26(39)24(42-27(37)35-17-5-7-18(29)20(31)13-17)14-25(38)36-21-12-16(28(32,33)34)4-6-19(21)30/h3-8,11-13,24H,9-10,14H2,1-2H3,(H,36,38)/t24-/m1/s1. The highest BCUT2D eigenvalue weighted by atomic mass is 35.5. The summed E-state index contributed by atoms with van der Waals surface area (Å²) in [6.45, 7) is 0.221. The number of alkyl halides is 3. The molecule has 1 atom stereocenters. The lowest BCUT2D eigenvalue weighted by atomic mass is 10.1. The lowest BCUT2D eigenvalue weighted by Crippen LogP contribution is -2.35.